The fourth-order valence-corrected chi connectivity index (χ4v) is 3.32. The second kappa shape index (κ2) is 4.90. The van der Waals surface area contributed by atoms with Crippen molar-refractivity contribution in [2.24, 2.45) is 0 Å². The van der Waals surface area contributed by atoms with E-state index >= 15 is 0 Å². The smallest absolute Gasteiger partial charge is 0.169 e. The molecule has 1 aliphatic rings. The van der Waals surface area contributed by atoms with Crippen molar-refractivity contribution in [2.45, 2.75) is 19.9 Å². The number of nitrogens with zero attached hydrogens (tertiary/aromatic N) is 2. The third-order valence-electron chi connectivity index (χ3n) is 3.41. The Kier molecular flexibility index (Phi) is 3.24. The van der Waals surface area contributed by atoms with Gasteiger partial charge in [0.05, 0.1) is 4.88 Å². The van der Waals surface area contributed by atoms with Crippen molar-refractivity contribution in [3.63, 3.8) is 0 Å². The molecule has 3 rings (SSSR count). The van der Waals surface area contributed by atoms with Crippen molar-refractivity contribution in [1.29, 1.82) is 0 Å². The molecule has 100 valence electrons. The maximum atomic E-state index is 11.4. The first-order valence-electron chi connectivity index (χ1n) is 6.53. The van der Waals surface area contributed by atoms with E-state index in [2.05, 4.69) is 29.3 Å². The molecule has 0 spiro atoms. The van der Waals surface area contributed by atoms with Gasteiger partial charge in [-0.05, 0) is 32.0 Å². The summed E-state index contributed by atoms with van der Waals surface area (Å²) < 4.78 is 0. The lowest BCUT2D eigenvalue weighted by atomic mass is 10.2. The van der Waals surface area contributed by atoms with Crippen LogP contribution in [0.25, 0.3) is 10.2 Å². The van der Waals surface area contributed by atoms with Crippen LogP contribution in [0.1, 0.15) is 23.5 Å². The van der Waals surface area contributed by atoms with Crippen molar-refractivity contribution >= 4 is 33.2 Å². The second-order valence-corrected chi connectivity index (χ2v) is 6.06. The van der Waals surface area contributed by atoms with Crippen molar-refractivity contribution < 1.29 is 4.79 Å². The third-order valence-corrected chi connectivity index (χ3v) is 4.55. The van der Waals surface area contributed by atoms with Crippen LogP contribution in [0.15, 0.2) is 18.2 Å². The Morgan fingerprint density at radius 2 is 2.37 bits per heavy atom. The standard InChI is InChI=1S/C14H17N3OS/c1-9-8-17(6-5-15-9)13-4-3-11-7-12(10(2)18)19-14(11)16-13/h3-4,7,9,15H,5-6,8H2,1-2H3/t9-/m1/s1. The number of ketones is 1. The van der Waals surface area contributed by atoms with E-state index in [1.807, 2.05) is 6.07 Å². The van der Waals surface area contributed by atoms with Gasteiger partial charge in [0.15, 0.2) is 5.78 Å². The number of aromatic nitrogens is 1. The average molecular weight is 275 g/mol. The summed E-state index contributed by atoms with van der Waals surface area (Å²) in [6.07, 6.45) is 0. The van der Waals surface area contributed by atoms with Gasteiger partial charge in [-0.1, -0.05) is 0 Å². The highest BCUT2D eigenvalue weighted by Crippen LogP contribution is 2.27. The molecule has 2 aromatic heterocycles. The maximum absolute atomic E-state index is 11.4. The highest BCUT2D eigenvalue weighted by atomic mass is 32.1. The molecule has 1 aliphatic heterocycles. The van der Waals surface area contributed by atoms with Crippen LogP contribution in [0.4, 0.5) is 5.82 Å². The van der Waals surface area contributed by atoms with Crippen LogP contribution in [0.3, 0.4) is 0 Å². The monoisotopic (exact) mass is 275 g/mol. The number of hydrogen-bond acceptors (Lipinski definition) is 5. The number of carbonyl (C=O) groups is 1. The van der Waals surface area contributed by atoms with Crippen molar-refractivity contribution in [2.75, 3.05) is 24.5 Å². The van der Waals surface area contributed by atoms with E-state index in [4.69, 9.17) is 4.98 Å². The van der Waals surface area contributed by atoms with Gasteiger partial charge >= 0.3 is 0 Å². The number of rotatable bonds is 2. The molecule has 1 N–H and O–H groups in total. The molecular formula is C14H17N3OS. The van der Waals surface area contributed by atoms with Gasteiger partial charge in [-0.3, -0.25) is 4.79 Å². The van der Waals surface area contributed by atoms with Gasteiger partial charge < -0.3 is 10.2 Å². The molecule has 0 saturated carbocycles. The van der Waals surface area contributed by atoms with Crippen molar-refractivity contribution in [1.82, 2.24) is 10.3 Å². The summed E-state index contributed by atoms with van der Waals surface area (Å²) in [6.45, 7) is 6.73. The maximum Gasteiger partial charge on any atom is 0.169 e. The largest absolute Gasteiger partial charge is 0.354 e. The summed E-state index contributed by atoms with van der Waals surface area (Å²) >= 11 is 1.48. The predicted octanol–water partition coefficient (Wildman–Crippen LogP) is 2.30. The van der Waals surface area contributed by atoms with Gasteiger partial charge in [0.1, 0.15) is 10.6 Å². The number of Topliss-reactive ketones (excluding diaryl/α,β-unsaturated/α-hetero) is 1. The Morgan fingerprint density at radius 3 is 3.11 bits per heavy atom. The fourth-order valence-electron chi connectivity index (χ4n) is 2.40. The fraction of sp³-hybridized carbons (Fsp3) is 0.429. The number of piperazine rings is 1. The summed E-state index contributed by atoms with van der Waals surface area (Å²) in [5.41, 5.74) is 0. The summed E-state index contributed by atoms with van der Waals surface area (Å²) in [6, 6.07) is 6.53. The van der Waals surface area contributed by atoms with Gasteiger partial charge in [-0.15, -0.1) is 11.3 Å². The molecule has 1 saturated heterocycles. The lowest BCUT2D eigenvalue weighted by Gasteiger charge is -2.32. The molecule has 1 atom stereocenters. The van der Waals surface area contributed by atoms with Crippen LogP contribution in [-0.2, 0) is 0 Å². The SMILES string of the molecule is CC(=O)c1cc2ccc(N3CCN[C@H](C)C3)nc2s1. The van der Waals surface area contributed by atoms with E-state index in [0.717, 1.165) is 40.5 Å². The van der Waals surface area contributed by atoms with Gasteiger partial charge in [-0.2, -0.15) is 0 Å². The Hall–Kier alpha value is -1.46. The number of fused-ring (bicyclic) bond motifs is 1. The van der Waals surface area contributed by atoms with Crippen molar-refractivity contribution in [3.05, 3.63) is 23.1 Å². The summed E-state index contributed by atoms with van der Waals surface area (Å²) in [7, 11) is 0. The van der Waals surface area contributed by atoms with Crippen LogP contribution in [0.2, 0.25) is 0 Å². The molecule has 19 heavy (non-hydrogen) atoms. The Balaban J connectivity index is 1.94. The minimum Gasteiger partial charge on any atom is -0.354 e. The number of pyridine rings is 1. The number of nitrogens with one attached hydrogen (secondary N) is 1. The van der Waals surface area contributed by atoms with Crippen LogP contribution >= 0.6 is 11.3 Å². The molecule has 1 fully saturated rings. The normalized spacial score (nSPS) is 19.9. The van der Waals surface area contributed by atoms with Crippen LogP contribution in [-0.4, -0.2) is 36.4 Å². The van der Waals surface area contributed by atoms with E-state index in [-0.39, 0.29) is 5.78 Å². The van der Waals surface area contributed by atoms with Gasteiger partial charge in [0.25, 0.3) is 0 Å². The first-order chi connectivity index (χ1) is 9.13. The Labute approximate surface area is 116 Å². The zero-order valence-corrected chi connectivity index (χ0v) is 12.0. The van der Waals surface area contributed by atoms with Crippen LogP contribution in [0, 0.1) is 0 Å². The molecule has 0 amide bonds. The zero-order valence-electron chi connectivity index (χ0n) is 11.1. The van der Waals surface area contributed by atoms with Crippen LogP contribution < -0.4 is 10.2 Å². The number of anilines is 1. The van der Waals surface area contributed by atoms with Gasteiger partial charge in [0, 0.05) is 31.1 Å². The molecule has 0 radical (unpaired) electrons. The lowest BCUT2D eigenvalue weighted by molar-refractivity contribution is 0.102. The number of hydrogen-bond donors (Lipinski definition) is 1. The number of thiophene rings is 1. The molecule has 0 bridgehead atoms. The highest BCUT2D eigenvalue weighted by molar-refractivity contribution is 7.20. The highest BCUT2D eigenvalue weighted by Gasteiger charge is 2.17. The van der Waals surface area contributed by atoms with Crippen LogP contribution in [0.5, 0.6) is 0 Å². The second-order valence-electron chi connectivity index (χ2n) is 5.03. The average Bonchev–Trinajstić information content (AvgIpc) is 2.81. The molecule has 0 aromatic carbocycles. The van der Waals surface area contributed by atoms with E-state index in [0.29, 0.717) is 6.04 Å². The first-order valence-corrected chi connectivity index (χ1v) is 7.35. The number of carbonyl (C=O) groups excluding carboxylic acids is 1. The molecule has 0 aliphatic carbocycles. The van der Waals surface area contributed by atoms with Gasteiger partial charge in [-0.25, -0.2) is 4.98 Å². The van der Waals surface area contributed by atoms with E-state index in [1.54, 1.807) is 6.92 Å². The molecule has 2 aromatic rings. The minimum absolute atomic E-state index is 0.111. The molecule has 4 nitrogen and oxygen atoms in total. The first kappa shape index (κ1) is 12.6. The Bertz CT molecular complexity index is 622. The zero-order chi connectivity index (χ0) is 13.4. The third kappa shape index (κ3) is 2.48. The molecule has 0 unspecified atom stereocenters. The topological polar surface area (TPSA) is 45.2 Å². The van der Waals surface area contributed by atoms with E-state index in [9.17, 15) is 4.79 Å². The van der Waals surface area contributed by atoms with E-state index in [1.165, 1.54) is 11.3 Å². The molecule has 5 heteroatoms. The quantitative estimate of drug-likeness (QED) is 0.854. The summed E-state index contributed by atoms with van der Waals surface area (Å²) in [5.74, 6) is 1.12. The summed E-state index contributed by atoms with van der Waals surface area (Å²) in [4.78, 5) is 20.1. The van der Waals surface area contributed by atoms with Gasteiger partial charge in [0.2, 0.25) is 0 Å². The minimum atomic E-state index is 0.111. The summed E-state index contributed by atoms with van der Waals surface area (Å²) in [5, 5.41) is 4.48. The van der Waals surface area contributed by atoms with E-state index < -0.39 is 0 Å². The lowest BCUT2D eigenvalue weighted by Crippen LogP contribution is -2.49. The Morgan fingerprint density at radius 1 is 1.53 bits per heavy atom. The van der Waals surface area contributed by atoms with Crippen molar-refractivity contribution in [3.8, 4) is 0 Å². The molecule has 3 heterocycles. The molecular weight excluding hydrogens is 258 g/mol. The predicted molar refractivity (Wildman–Crippen MR) is 79.3 cm³/mol.